The van der Waals surface area contributed by atoms with Crippen LogP contribution in [0.3, 0.4) is 0 Å². The number of methoxy groups -OCH3 is 1. The number of ether oxygens (including phenoxy) is 2. The molecule has 0 atom stereocenters. The van der Waals surface area contributed by atoms with Crippen molar-refractivity contribution in [2.45, 2.75) is 91.9 Å². The summed E-state index contributed by atoms with van der Waals surface area (Å²) in [5.41, 5.74) is 0. The molecule has 0 saturated heterocycles. The molecule has 4 heteroatoms. The van der Waals surface area contributed by atoms with Crippen LogP contribution in [-0.2, 0) is 9.47 Å². The third-order valence-electron chi connectivity index (χ3n) is 4.71. The van der Waals surface area contributed by atoms with Gasteiger partial charge in [-0.2, -0.15) is 0 Å². The first-order valence-corrected chi connectivity index (χ1v) is 17.7. The molecule has 0 radical (unpaired) electrons. The molecule has 0 aliphatic heterocycles. The first-order valence-electron chi connectivity index (χ1n) is 10.0. The topological polar surface area (TPSA) is 35.5 Å². The molecule has 0 aromatic carbocycles. The number of hydrogen-bond acceptors (Lipinski definition) is 3. The number of rotatable bonds is 15. The Labute approximate surface area is 154 Å². The Kier molecular flexibility index (Phi) is 16.2. The molecule has 0 spiro atoms. The molecule has 3 nitrogen and oxygen atoms in total. The van der Waals surface area contributed by atoms with E-state index in [0.29, 0.717) is 6.61 Å². The average molecular weight is 447 g/mol. The van der Waals surface area contributed by atoms with E-state index < -0.39 is 24.5 Å². The Morgan fingerprint density at radius 2 is 1.42 bits per heavy atom. The summed E-state index contributed by atoms with van der Waals surface area (Å²) in [5, 5.41) is 0. The van der Waals surface area contributed by atoms with Gasteiger partial charge in [0.15, 0.2) is 0 Å². The van der Waals surface area contributed by atoms with Gasteiger partial charge in [-0.15, -0.1) is 0 Å². The van der Waals surface area contributed by atoms with Crippen molar-refractivity contribution in [3.8, 4) is 0 Å². The molecule has 0 heterocycles. The van der Waals surface area contributed by atoms with Gasteiger partial charge in [-0.1, -0.05) is 0 Å². The van der Waals surface area contributed by atoms with Gasteiger partial charge in [-0.05, 0) is 0 Å². The third kappa shape index (κ3) is 12.2. The van der Waals surface area contributed by atoms with Gasteiger partial charge in [-0.3, -0.25) is 0 Å². The summed E-state index contributed by atoms with van der Waals surface area (Å²) < 4.78 is 16.7. The van der Waals surface area contributed by atoms with Gasteiger partial charge in [0.05, 0.1) is 0 Å². The monoisotopic (exact) mass is 448 g/mol. The zero-order chi connectivity index (χ0) is 18.1. The van der Waals surface area contributed by atoms with Crippen LogP contribution in [0.25, 0.3) is 0 Å². The van der Waals surface area contributed by atoms with E-state index >= 15 is 0 Å². The zero-order valence-electron chi connectivity index (χ0n) is 16.6. The van der Waals surface area contributed by atoms with E-state index in [-0.39, 0.29) is 0 Å². The Morgan fingerprint density at radius 3 is 1.88 bits per heavy atom. The normalized spacial score (nSPS) is 11.8. The van der Waals surface area contributed by atoms with Gasteiger partial charge in [0, 0.05) is 0 Å². The van der Waals surface area contributed by atoms with E-state index in [1.807, 2.05) is 0 Å². The Morgan fingerprint density at radius 1 is 0.875 bits per heavy atom. The Hall–Kier alpha value is -0.191. The fourth-order valence-corrected chi connectivity index (χ4v) is 17.7. The molecule has 0 aromatic rings. The van der Waals surface area contributed by atoms with Gasteiger partial charge in [0.1, 0.15) is 0 Å². The molecule has 0 rings (SSSR count). The van der Waals surface area contributed by atoms with Crippen LogP contribution in [0, 0.1) is 0 Å². The fraction of sp³-hybridized carbons (Fsp3) is 0.850. The number of carbonyl (C=O) groups excluding carboxylic acids is 1. The first kappa shape index (κ1) is 23.8. The van der Waals surface area contributed by atoms with E-state index in [9.17, 15) is 4.79 Å². The van der Waals surface area contributed by atoms with E-state index in [2.05, 4.69) is 35.7 Å². The summed E-state index contributed by atoms with van der Waals surface area (Å²) in [6, 6.07) is 0. The molecular weight excluding hydrogens is 407 g/mol. The number of carbonyl (C=O) groups is 1. The van der Waals surface area contributed by atoms with Crippen molar-refractivity contribution < 1.29 is 14.3 Å². The quantitative estimate of drug-likeness (QED) is 0.156. The molecule has 0 bridgehead atoms. The number of unbranched alkanes of at least 4 members (excludes halogenated alkanes) is 5. The molecule has 0 aromatic heterocycles. The van der Waals surface area contributed by atoms with E-state index in [1.165, 1.54) is 58.9 Å². The van der Waals surface area contributed by atoms with Crippen LogP contribution < -0.4 is 0 Å². The van der Waals surface area contributed by atoms with Gasteiger partial charge in [-0.25, -0.2) is 0 Å². The third-order valence-corrected chi connectivity index (χ3v) is 19.0. The number of allylic oxidation sites excluding steroid dienone is 1. The molecule has 0 amide bonds. The molecule has 24 heavy (non-hydrogen) atoms. The minimum absolute atomic E-state index is 0.469. The van der Waals surface area contributed by atoms with E-state index in [1.54, 1.807) is 0 Å². The minimum atomic E-state index is -2.08. The maximum atomic E-state index is 10.9. The van der Waals surface area contributed by atoms with Crippen LogP contribution in [0.2, 0.25) is 13.3 Å². The molecule has 0 fully saturated rings. The Bertz CT molecular complexity index is 307. The molecule has 0 aliphatic carbocycles. The molecule has 0 unspecified atom stereocenters. The van der Waals surface area contributed by atoms with Crippen molar-refractivity contribution in [3.63, 3.8) is 0 Å². The van der Waals surface area contributed by atoms with Crippen molar-refractivity contribution in [1.29, 1.82) is 0 Å². The molecule has 0 N–H and O–H groups in total. The van der Waals surface area contributed by atoms with Crippen molar-refractivity contribution in [2.75, 3.05) is 13.7 Å². The second-order valence-corrected chi connectivity index (χ2v) is 19.9. The Balaban J connectivity index is 4.39. The summed E-state index contributed by atoms with van der Waals surface area (Å²) >= 11 is -2.08. The van der Waals surface area contributed by atoms with Crippen molar-refractivity contribution in [2.24, 2.45) is 0 Å². The van der Waals surface area contributed by atoms with Gasteiger partial charge in [0.2, 0.25) is 0 Å². The summed E-state index contributed by atoms with van der Waals surface area (Å²) in [5.74, 6) is 0. The molecule has 142 valence electrons. The van der Waals surface area contributed by atoms with E-state index in [0.717, 1.165) is 19.3 Å². The standard InChI is InChI=1S/C8H13O3.3C4H9.Sn/c1-3-4-5-6-7-11-8(9)10-2;3*1-3-4-2;/h1,3H,4-7H2,2H3;3*1,3-4H2,2H3;. The summed E-state index contributed by atoms with van der Waals surface area (Å²) in [6.45, 7) is 7.43. The predicted octanol–water partition coefficient (Wildman–Crippen LogP) is 6.88. The van der Waals surface area contributed by atoms with Crippen LogP contribution >= 0.6 is 0 Å². The first-order chi connectivity index (χ1) is 11.6. The summed E-state index contributed by atoms with van der Waals surface area (Å²) in [6.07, 6.45) is 13.3. The van der Waals surface area contributed by atoms with Crippen molar-refractivity contribution >= 4 is 24.5 Å². The van der Waals surface area contributed by atoms with E-state index in [4.69, 9.17) is 4.74 Å². The van der Waals surface area contributed by atoms with Crippen molar-refractivity contribution in [3.05, 3.63) is 10.2 Å². The fourth-order valence-electron chi connectivity index (χ4n) is 3.12. The van der Waals surface area contributed by atoms with Gasteiger partial charge >= 0.3 is 155 Å². The van der Waals surface area contributed by atoms with Crippen LogP contribution in [0.15, 0.2) is 10.2 Å². The number of hydrogen-bond donors (Lipinski definition) is 0. The van der Waals surface area contributed by atoms with Crippen LogP contribution in [0.4, 0.5) is 4.79 Å². The summed E-state index contributed by atoms with van der Waals surface area (Å²) in [7, 11) is 1.35. The second-order valence-electron chi connectivity index (χ2n) is 6.87. The maximum absolute atomic E-state index is 10.9. The van der Waals surface area contributed by atoms with Gasteiger partial charge in [0.25, 0.3) is 0 Å². The molecule has 0 saturated carbocycles. The van der Waals surface area contributed by atoms with Crippen LogP contribution in [0.1, 0.15) is 78.6 Å². The van der Waals surface area contributed by atoms with Crippen molar-refractivity contribution in [1.82, 2.24) is 0 Å². The van der Waals surface area contributed by atoms with Gasteiger partial charge < -0.3 is 0 Å². The SMILES string of the molecule is CCC[CH2][Sn](/[CH]=C/CCCCOC(=O)OC)([CH2]CCC)[CH2]CCC. The van der Waals surface area contributed by atoms with Crippen LogP contribution in [0.5, 0.6) is 0 Å². The second kappa shape index (κ2) is 16.3. The average Bonchev–Trinajstić information content (AvgIpc) is 2.61. The van der Waals surface area contributed by atoms with Crippen LogP contribution in [-0.4, -0.2) is 38.2 Å². The predicted molar refractivity (Wildman–Crippen MR) is 106 cm³/mol. The molecular formula is C20H40O3Sn. The molecule has 0 aliphatic rings. The zero-order valence-corrected chi connectivity index (χ0v) is 19.4. The summed E-state index contributed by atoms with van der Waals surface area (Å²) in [4.78, 5) is 10.9.